The molecule has 2 nitrogen and oxygen atoms in total. The molecular formula is C34H41F3O2. The van der Waals surface area contributed by atoms with Gasteiger partial charge in [-0.3, -0.25) is 0 Å². The van der Waals surface area contributed by atoms with Crippen molar-refractivity contribution in [3.63, 3.8) is 0 Å². The Balaban J connectivity index is 1.29. The summed E-state index contributed by atoms with van der Waals surface area (Å²) in [5, 5.41) is 0. The lowest BCUT2D eigenvalue weighted by molar-refractivity contribution is 0.300. The van der Waals surface area contributed by atoms with E-state index < -0.39 is 11.6 Å². The first-order valence-electron chi connectivity index (χ1n) is 14.6. The van der Waals surface area contributed by atoms with Crippen molar-refractivity contribution in [2.24, 2.45) is 5.92 Å². The van der Waals surface area contributed by atoms with Crippen molar-refractivity contribution in [3.05, 3.63) is 83.2 Å². The standard InChI is InChI=1S/C34H41F3O2/c1-3-5-21-38-28-16-13-26(14-17-28)31-19-15-27(33(36)34(31)37)12-9-24-7-10-25(11-8-24)30-20-18-29(23-32(30)35)39-22-6-4-2/h13-20,23-25H,3-12,21-22H2,1-2H3. The average molecular weight is 539 g/mol. The fourth-order valence-electron chi connectivity index (χ4n) is 5.46. The predicted molar refractivity (Wildman–Crippen MR) is 152 cm³/mol. The van der Waals surface area contributed by atoms with Gasteiger partial charge in [-0.05, 0) is 98.1 Å². The summed E-state index contributed by atoms with van der Waals surface area (Å²) in [6.45, 7) is 5.45. The van der Waals surface area contributed by atoms with Crippen LogP contribution >= 0.6 is 0 Å². The molecule has 0 heterocycles. The summed E-state index contributed by atoms with van der Waals surface area (Å²) in [4.78, 5) is 0. The first-order chi connectivity index (χ1) is 19.0. The second kappa shape index (κ2) is 14.4. The third kappa shape index (κ3) is 7.80. The molecule has 0 N–H and O–H groups in total. The van der Waals surface area contributed by atoms with Crippen LogP contribution in [0.5, 0.6) is 11.5 Å². The van der Waals surface area contributed by atoms with Crippen LogP contribution in [0.15, 0.2) is 54.6 Å². The van der Waals surface area contributed by atoms with Gasteiger partial charge in [-0.25, -0.2) is 13.2 Å². The van der Waals surface area contributed by atoms with E-state index in [0.717, 1.165) is 69.1 Å². The zero-order valence-corrected chi connectivity index (χ0v) is 23.3. The number of hydrogen-bond acceptors (Lipinski definition) is 2. The van der Waals surface area contributed by atoms with Crippen molar-refractivity contribution in [2.45, 2.75) is 84.0 Å². The van der Waals surface area contributed by atoms with Crippen molar-refractivity contribution in [2.75, 3.05) is 13.2 Å². The topological polar surface area (TPSA) is 18.5 Å². The van der Waals surface area contributed by atoms with Gasteiger partial charge >= 0.3 is 0 Å². The minimum absolute atomic E-state index is 0.191. The third-order valence-corrected chi connectivity index (χ3v) is 7.94. The van der Waals surface area contributed by atoms with Crippen LogP contribution in [-0.2, 0) is 6.42 Å². The van der Waals surface area contributed by atoms with Gasteiger partial charge in [0.05, 0.1) is 13.2 Å². The molecule has 0 aliphatic heterocycles. The van der Waals surface area contributed by atoms with Gasteiger partial charge in [0.2, 0.25) is 0 Å². The van der Waals surface area contributed by atoms with Crippen molar-refractivity contribution in [1.82, 2.24) is 0 Å². The summed E-state index contributed by atoms with van der Waals surface area (Å²) >= 11 is 0. The maximum Gasteiger partial charge on any atom is 0.166 e. The van der Waals surface area contributed by atoms with Crippen molar-refractivity contribution < 1.29 is 22.6 Å². The largest absolute Gasteiger partial charge is 0.494 e. The highest BCUT2D eigenvalue weighted by Crippen LogP contribution is 2.39. The molecule has 0 bridgehead atoms. The molecule has 5 heteroatoms. The molecule has 39 heavy (non-hydrogen) atoms. The molecule has 1 aliphatic rings. The highest BCUT2D eigenvalue weighted by atomic mass is 19.2. The molecule has 0 atom stereocenters. The Morgan fingerprint density at radius 2 is 1.36 bits per heavy atom. The molecule has 0 aromatic heterocycles. The van der Waals surface area contributed by atoms with Crippen LogP contribution < -0.4 is 9.47 Å². The SMILES string of the molecule is CCCCOc1ccc(-c2ccc(CCC3CCC(c4ccc(OCCCC)cc4F)CC3)c(F)c2F)cc1. The van der Waals surface area contributed by atoms with Gasteiger partial charge in [0, 0.05) is 11.6 Å². The highest BCUT2D eigenvalue weighted by molar-refractivity contribution is 5.65. The van der Waals surface area contributed by atoms with Crippen LogP contribution in [0.25, 0.3) is 11.1 Å². The van der Waals surface area contributed by atoms with Gasteiger partial charge in [0.25, 0.3) is 0 Å². The first-order valence-corrected chi connectivity index (χ1v) is 14.6. The Morgan fingerprint density at radius 1 is 0.718 bits per heavy atom. The van der Waals surface area contributed by atoms with Gasteiger partial charge in [-0.2, -0.15) is 0 Å². The molecule has 3 aromatic rings. The molecular weight excluding hydrogens is 497 g/mol. The molecule has 4 rings (SSSR count). The third-order valence-electron chi connectivity index (χ3n) is 7.94. The Labute approximate surface area is 231 Å². The first kappa shape index (κ1) is 29.0. The monoisotopic (exact) mass is 538 g/mol. The summed E-state index contributed by atoms with van der Waals surface area (Å²) < 4.78 is 56.1. The number of rotatable bonds is 13. The summed E-state index contributed by atoms with van der Waals surface area (Å²) in [5.74, 6) is 0.207. The maximum absolute atomic E-state index is 15.0. The van der Waals surface area contributed by atoms with Crippen LogP contribution in [0.3, 0.4) is 0 Å². The van der Waals surface area contributed by atoms with Gasteiger partial charge in [-0.1, -0.05) is 57.0 Å². The van der Waals surface area contributed by atoms with E-state index >= 15 is 4.39 Å². The van der Waals surface area contributed by atoms with Crippen molar-refractivity contribution in [1.29, 1.82) is 0 Å². The number of benzene rings is 3. The Hall–Kier alpha value is -2.95. The fourth-order valence-corrected chi connectivity index (χ4v) is 5.46. The molecule has 1 fully saturated rings. The van der Waals surface area contributed by atoms with Crippen molar-refractivity contribution >= 4 is 0 Å². The summed E-state index contributed by atoms with van der Waals surface area (Å²) in [6, 6.07) is 15.8. The molecule has 1 aliphatic carbocycles. The van der Waals surface area contributed by atoms with Crippen molar-refractivity contribution in [3.8, 4) is 22.6 Å². The average Bonchev–Trinajstić information content (AvgIpc) is 2.95. The zero-order valence-electron chi connectivity index (χ0n) is 23.3. The molecule has 0 unspecified atom stereocenters. The maximum atomic E-state index is 15.0. The number of unbranched alkanes of at least 4 members (excludes halogenated alkanes) is 2. The number of aryl methyl sites for hydroxylation is 1. The zero-order chi connectivity index (χ0) is 27.6. The molecule has 0 amide bonds. The number of hydrogen-bond donors (Lipinski definition) is 0. The van der Waals surface area contributed by atoms with E-state index in [1.54, 1.807) is 36.4 Å². The lowest BCUT2D eigenvalue weighted by Gasteiger charge is -2.29. The Morgan fingerprint density at radius 3 is 2.00 bits per heavy atom. The minimum atomic E-state index is -0.798. The fraction of sp³-hybridized carbons (Fsp3) is 0.471. The van der Waals surface area contributed by atoms with Gasteiger partial charge < -0.3 is 9.47 Å². The van der Waals surface area contributed by atoms with Gasteiger partial charge in [0.1, 0.15) is 17.3 Å². The van der Waals surface area contributed by atoms with Gasteiger partial charge in [0.15, 0.2) is 11.6 Å². The molecule has 3 aromatic carbocycles. The number of halogens is 3. The summed E-state index contributed by atoms with van der Waals surface area (Å²) in [7, 11) is 0. The van der Waals surface area contributed by atoms with Gasteiger partial charge in [-0.15, -0.1) is 0 Å². The summed E-state index contributed by atoms with van der Waals surface area (Å²) in [6.07, 6.45) is 9.09. The lowest BCUT2D eigenvalue weighted by atomic mass is 9.76. The molecule has 210 valence electrons. The summed E-state index contributed by atoms with van der Waals surface area (Å²) in [5.41, 5.74) is 2.08. The van der Waals surface area contributed by atoms with E-state index in [1.165, 1.54) is 6.07 Å². The molecule has 0 radical (unpaired) electrons. The van der Waals surface area contributed by atoms with E-state index in [0.29, 0.717) is 42.4 Å². The Kier molecular flexibility index (Phi) is 10.8. The van der Waals surface area contributed by atoms with E-state index in [9.17, 15) is 8.78 Å². The van der Waals surface area contributed by atoms with E-state index in [4.69, 9.17) is 9.47 Å². The van der Waals surface area contributed by atoms with E-state index in [2.05, 4.69) is 13.8 Å². The Bertz CT molecular complexity index is 1180. The van der Waals surface area contributed by atoms with Crippen LogP contribution in [0.4, 0.5) is 13.2 Å². The van der Waals surface area contributed by atoms with E-state index in [1.807, 2.05) is 12.1 Å². The molecule has 0 saturated heterocycles. The highest BCUT2D eigenvalue weighted by Gasteiger charge is 2.25. The van der Waals surface area contributed by atoms with Crippen LogP contribution in [-0.4, -0.2) is 13.2 Å². The quantitative estimate of drug-likeness (QED) is 0.202. The second-order valence-electron chi connectivity index (χ2n) is 10.8. The lowest BCUT2D eigenvalue weighted by Crippen LogP contribution is -2.15. The van der Waals surface area contributed by atoms with Crippen LogP contribution in [0.1, 0.15) is 88.7 Å². The van der Waals surface area contributed by atoms with E-state index in [-0.39, 0.29) is 17.3 Å². The molecule has 0 spiro atoms. The molecule has 1 saturated carbocycles. The normalized spacial score (nSPS) is 17.3. The number of ether oxygens (including phenoxy) is 2. The second-order valence-corrected chi connectivity index (χ2v) is 10.8. The van der Waals surface area contributed by atoms with Crippen LogP contribution in [0.2, 0.25) is 0 Å². The smallest absolute Gasteiger partial charge is 0.166 e. The predicted octanol–water partition coefficient (Wildman–Crippen LogP) is 10.0. The minimum Gasteiger partial charge on any atom is -0.494 e. The van der Waals surface area contributed by atoms with Crippen LogP contribution in [0, 0.1) is 23.4 Å².